The first-order valence-electron chi connectivity index (χ1n) is 9.76. The van der Waals surface area contributed by atoms with Gasteiger partial charge in [-0.25, -0.2) is 14.4 Å². The zero-order chi connectivity index (χ0) is 20.2. The summed E-state index contributed by atoms with van der Waals surface area (Å²) in [4.78, 5) is 31.8. The Morgan fingerprint density at radius 2 is 1.97 bits per heavy atom. The number of nitrogens with zero attached hydrogens (tertiary/aromatic N) is 5. The lowest BCUT2D eigenvalue weighted by Gasteiger charge is -2.18. The average Bonchev–Trinajstić information content (AvgIpc) is 3.15. The van der Waals surface area contributed by atoms with E-state index in [1.165, 1.54) is 12.1 Å². The van der Waals surface area contributed by atoms with Crippen molar-refractivity contribution in [2.45, 2.75) is 38.5 Å². The van der Waals surface area contributed by atoms with E-state index in [-0.39, 0.29) is 17.6 Å². The lowest BCUT2D eigenvalue weighted by atomic mass is 9.97. The Hall–Kier alpha value is -3.22. The van der Waals surface area contributed by atoms with E-state index < -0.39 is 0 Å². The predicted octanol–water partition coefficient (Wildman–Crippen LogP) is 3.47. The largest absolute Gasteiger partial charge is 0.297 e. The van der Waals surface area contributed by atoms with Crippen molar-refractivity contribution in [3.63, 3.8) is 0 Å². The third kappa shape index (κ3) is 4.62. The molecule has 1 aliphatic heterocycles. The van der Waals surface area contributed by atoms with Crippen molar-refractivity contribution in [3.05, 3.63) is 77.5 Å². The Balaban J connectivity index is 1.63. The molecule has 148 valence electrons. The number of hydrogen-bond donors (Lipinski definition) is 0. The van der Waals surface area contributed by atoms with E-state index >= 15 is 0 Å². The average molecular weight is 391 g/mol. The second-order valence-corrected chi connectivity index (χ2v) is 7.31. The standard InChI is InChI=1S/C22H22FN5O/c1-15(16-4-6-17(23)7-5-16)11-20-26-18(12-19-14-24-8-9-25-19)13-21(27-20)28-10-2-3-22(28)29/h4-9,13-15H,2-3,10-12H2,1H3/t15-/m1/s1. The molecule has 29 heavy (non-hydrogen) atoms. The molecule has 3 aromatic rings. The van der Waals surface area contributed by atoms with Gasteiger partial charge in [0, 0.05) is 50.5 Å². The van der Waals surface area contributed by atoms with Crippen molar-refractivity contribution in [2.75, 3.05) is 11.4 Å². The minimum Gasteiger partial charge on any atom is -0.297 e. The number of halogens is 1. The molecular formula is C22H22FN5O. The molecule has 4 rings (SSSR count). The van der Waals surface area contributed by atoms with Gasteiger partial charge >= 0.3 is 0 Å². The molecule has 6 nitrogen and oxygen atoms in total. The minimum absolute atomic E-state index is 0.0895. The number of anilines is 1. The molecule has 7 heteroatoms. The molecule has 0 saturated carbocycles. The molecule has 0 radical (unpaired) electrons. The summed E-state index contributed by atoms with van der Waals surface area (Å²) in [6.07, 6.45) is 7.49. The molecule has 1 amide bonds. The smallest absolute Gasteiger partial charge is 0.228 e. The summed E-state index contributed by atoms with van der Waals surface area (Å²) >= 11 is 0. The van der Waals surface area contributed by atoms with Crippen LogP contribution in [0.1, 0.15) is 48.5 Å². The van der Waals surface area contributed by atoms with Crippen molar-refractivity contribution in [3.8, 4) is 0 Å². The van der Waals surface area contributed by atoms with Gasteiger partial charge in [-0.05, 0) is 30.0 Å². The van der Waals surface area contributed by atoms with E-state index in [0.717, 1.165) is 23.4 Å². The summed E-state index contributed by atoms with van der Waals surface area (Å²) in [6.45, 7) is 2.74. The Morgan fingerprint density at radius 3 is 2.66 bits per heavy atom. The third-order valence-electron chi connectivity index (χ3n) is 5.07. The Morgan fingerprint density at radius 1 is 1.14 bits per heavy atom. The molecule has 0 unspecified atom stereocenters. The van der Waals surface area contributed by atoms with Crippen LogP contribution in [0.25, 0.3) is 0 Å². The highest BCUT2D eigenvalue weighted by molar-refractivity contribution is 5.94. The third-order valence-corrected chi connectivity index (χ3v) is 5.07. The number of aromatic nitrogens is 4. The Kier molecular flexibility index (Phi) is 5.55. The fourth-order valence-corrected chi connectivity index (χ4v) is 3.54. The zero-order valence-corrected chi connectivity index (χ0v) is 16.3. The number of carbonyl (C=O) groups excluding carboxylic acids is 1. The van der Waals surface area contributed by atoms with Gasteiger partial charge in [-0.15, -0.1) is 0 Å². The monoisotopic (exact) mass is 391 g/mol. The first-order chi connectivity index (χ1) is 14.1. The predicted molar refractivity (Wildman–Crippen MR) is 107 cm³/mol. The summed E-state index contributed by atoms with van der Waals surface area (Å²) < 4.78 is 13.2. The van der Waals surface area contributed by atoms with E-state index in [0.29, 0.717) is 37.4 Å². The number of carbonyl (C=O) groups is 1. The number of amides is 1. The molecule has 0 bridgehead atoms. The van der Waals surface area contributed by atoms with Gasteiger partial charge in [0.2, 0.25) is 5.91 Å². The first-order valence-corrected chi connectivity index (χ1v) is 9.76. The maximum atomic E-state index is 13.2. The van der Waals surface area contributed by atoms with Gasteiger partial charge in [-0.3, -0.25) is 19.7 Å². The van der Waals surface area contributed by atoms with E-state index in [1.807, 2.05) is 6.07 Å². The molecule has 1 atom stereocenters. The van der Waals surface area contributed by atoms with Crippen LogP contribution in [0.3, 0.4) is 0 Å². The summed E-state index contributed by atoms with van der Waals surface area (Å²) in [6, 6.07) is 8.36. The molecule has 3 heterocycles. The maximum Gasteiger partial charge on any atom is 0.228 e. The van der Waals surface area contributed by atoms with Crippen LogP contribution in [0.2, 0.25) is 0 Å². The van der Waals surface area contributed by atoms with Gasteiger partial charge in [0.25, 0.3) is 0 Å². The molecule has 1 saturated heterocycles. The highest BCUT2D eigenvalue weighted by Crippen LogP contribution is 2.24. The fraction of sp³-hybridized carbons (Fsp3) is 0.318. The summed E-state index contributed by atoms with van der Waals surface area (Å²) in [7, 11) is 0. The normalized spacial score (nSPS) is 15.0. The van der Waals surface area contributed by atoms with Crippen LogP contribution in [-0.2, 0) is 17.6 Å². The molecule has 1 fully saturated rings. The molecule has 0 N–H and O–H groups in total. The van der Waals surface area contributed by atoms with E-state index in [9.17, 15) is 9.18 Å². The number of rotatable bonds is 6. The SMILES string of the molecule is C[C@H](Cc1nc(Cc2cnccn2)cc(N2CCCC2=O)n1)c1ccc(F)cc1. The fourth-order valence-electron chi connectivity index (χ4n) is 3.54. The molecule has 1 aliphatic rings. The molecular weight excluding hydrogens is 369 g/mol. The number of hydrogen-bond acceptors (Lipinski definition) is 5. The highest BCUT2D eigenvalue weighted by Gasteiger charge is 2.24. The van der Waals surface area contributed by atoms with Crippen LogP contribution >= 0.6 is 0 Å². The van der Waals surface area contributed by atoms with Gasteiger partial charge < -0.3 is 0 Å². The van der Waals surface area contributed by atoms with Crippen LogP contribution in [0, 0.1) is 5.82 Å². The molecule has 1 aromatic carbocycles. The summed E-state index contributed by atoms with van der Waals surface area (Å²) in [5.74, 6) is 1.26. The van der Waals surface area contributed by atoms with Crippen molar-refractivity contribution >= 4 is 11.7 Å². The van der Waals surface area contributed by atoms with Gasteiger partial charge in [0.15, 0.2) is 0 Å². The van der Waals surface area contributed by atoms with Crippen LogP contribution in [-0.4, -0.2) is 32.4 Å². The van der Waals surface area contributed by atoms with Crippen LogP contribution < -0.4 is 4.90 Å². The van der Waals surface area contributed by atoms with Gasteiger partial charge in [0.05, 0.1) is 11.4 Å². The van der Waals surface area contributed by atoms with E-state index in [1.54, 1.807) is 35.6 Å². The topological polar surface area (TPSA) is 71.9 Å². The van der Waals surface area contributed by atoms with E-state index in [4.69, 9.17) is 4.98 Å². The van der Waals surface area contributed by atoms with Crippen LogP contribution in [0.4, 0.5) is 10.2 Å². The Labute approximate surface area is 168 Å². The lowest BCUT2D eigenvalue weighted by molar-refractivity contribution is -0.117. The summed E-state index contributed by atoms with van der Waals surface area (Å²) in [5, 5.41) is 0. The quantitative estimate of drug-likeness (QED) is 0.643. The van der Waals surface area contributed by atoms with E-state index in [2.05, 4.69) is 21.9 Å². The van der Waals surface area contributed by atoms with Crippen LogP contribution in [0.15, 0.2) is 48.9 Å². The molecule has 2 aromatic heterocycles. The molecule has 0 aliphatic carbocycles. The second-order valence-electron chi connectivity index (χ2n) is 7.31. The van der Waals surface area contributed by atoms with Crippen molar-refractivity contribution < 1.29 is 9.18 Å². The van der Waals surface area contributed by atoms with Gasteiger partial charge in [-0.1, -0.05) is 19.1 Å². The van der Waals surface area contributed by atoms with Crippen molar-refractivity contribution in [1.29, 1.82) is 0 Å². The zero-order valence-electron chi connectivity index (χ0n) is 16.3. The first kappa shape index (κ1) is 19.1. The van der Waals surface area contributed by atoms with Crippen LogP contribution in [0.5, 0.6) is 0 Å². The molecule has 0 spiro atoms. The Bertz CT molecular complexity index is 994. The van der Waals surface area contributed by atoms with Crippen molar-refractivity contribution in [2.24, 2.45) is 0 Å². The lowest BCUT2D eigenvalue weighted by Crippen LogP contribution is -2.26. The minimum atomic E-state index is -0.252. The summed E-state index contributed by atoms with van der Waals surface area (Å²) in [5.41, 5.74) is 2.63. The van der Waals surface area contributed by atoms with Gasteiger partial charge in [0.1, 0.15) is 17.5 Å². The second kappa shape index (κ2) is 8.43. The maximum absolute atomic E-state index is 13.2. The van der Waals surface area contributed by atoms with Gasteiger partial charge in [-0.2, -0.15) is 0 Å². The highest BCUT2D eigenvalue weighted by atomic mass is 19.1. The number of benzene rings is 1. The van der Waals surface area contributed by atoms with Crippen molar-refractivity contribution in [1.82, 2.24) is 19.9 Å².